The molecule has 0 bridgehead atoms. The van der Waals surface area contributed by atoms with Crippen LogP contribution in [-0.2, 0) is 7.05 Å². The van der Waals surface area contributed by atoms with Gasteiger partial charge in [0.2, 0.25) is 0 Å². The van der Waals surface area contributed by atoms with Crippen LogP contribution in [0, 0.1) is 6.92 Å². The summed E-state index contributed by atoms with van der Waals surface area (Å²) in [5, 5.41) is 9.48. The molecule has 3 amide bonds. The van der Waals surface area contributed by atoms with Crippen molar-refractivity contribution < 1.29 is 19.1 Å². The first-order chi connectivity index (χ1) is 14.9. The summed E-state index contributed by atoms with van der Waals surface area (Å²) < 4.78 is 6.98. The predicted molar refractivity (Wildman–Crippen MR) is 114 cm³/mol. The number of rotatable bonds is 5. The standard InChI is InChI=1S/C22H21N5O4/c1-14-11-15(3-8-19(14)27-10-9-23-22(27)30)21(29)31-18-6-4-17(5-7-18)25-20(28)16-12-24-26(2)13-16/h3-8,11-13H,9-10H2,1-2H3,(H,23,30)(H,25,28). The number of anilines is 2. The number of aryl methyl sites for hydroxylation is 2. The molecule has 2 heterocycles. The zero-order valence-corrected chi connectivity index (χ0v) is 17.1. The van der Waals surface area contributed by atoms with Gasteiger partial charge in [-0.05, 0) is 55.0 Å². The molecule has 0 radical (unpaired) electrons. The van der Waals surface area contributed by atoms with E-state index in [0.717, 1.165) is 11.3 Å². The first-order valence-electron chi connectivity index (χ1n) is 9.69. The molecular weight excluding hydrogens is 398 g/mol. The summed E-state index contributed by atoms with van der Waals surface area (Å²) in [5.41, 5.74) is 2.97. The minimum atomic E-state index is -0.507. The van der Waals surface area contributed by atoms with Gasteiger partial charge in [-0.15, -0.1) is 0 Å². The van der Waals surface area contributed by atoms with E-state index in [2.05, 4.69) is 15.7 Å². The highest BCUT2D eigenvalue weighted by atomic mass is 16.5. The number of esters is 1. The van der Waals surface area contributed by atoms with E-state index in [-0.39, 0.29) is 11.9 Å². The van der Waals surface area contributed by atoms with Crippen LogP contribution >= 0.6 is 0 Å². The average molecular weight is 419 g/mol. The van der Waals surface area contributed by atoms with Crippen LogP contribution < -0.4 is 20.3 Å². The molecule has 9 heteroatoms. The van der Waals surface area contributed by atoms with E-state index >= 15 is 0 Å². The van der Waals surface area contributed by atoms with Gasteiger partial charge in [-0.3, -0.25) is 14.4 Å². The Hall–Kier alpha value is -4.14. The summed E-state index contributed by atoms with van der Waals surface area (Å²) in [6.45, 7) is 3.03. The number of nitrogens with one attached hydrogen (secondary N) is 2. The van der Waals surface area contributed by atoms with Crippen molar-refractivity contribution in [1.29, 1.82) is 0 Å². The maximum absolute atomic E-state index is 12.5. The molecule has 0 spiro atoms. The molecule has 3 aromatic rings. The van der Waals surface area contributed by atoms with Crippen molar-refractivity contribution in [2.75, 3.05) is 23.3 Å². The molecule has 2 N–H and O–H groups in total. The van der Waals surface area contributed by atoms with Gasteiger partial charge < -0.3 is 15.4 Å². The minimum Gasteiger partial charge on any atom is -0.423 e. The number of urea groups is 1. The lowest BCUT2D eigenvalue weighted by molar-refractivity contribution is 0.0734. The number of aromatic nitrogens is 2. The van der Waals surface area contributed by atoms with Gasteiger partial charge in [-0.2, -0.15) is 5.10 Å². The molecule has 4 rings (SSSR count). The van der Waals surface area contributed by atoms with Gasteiger partial charge in [0.15, 0.2) is 0 Å². The van der Waals surface area contributed by atoms with Crippen LogP contribution in [0.1, 0.15) is 26.3 Å². The largest absolute Gasteiger partial charge is 0.423 e. The van der Waals surface area contributed by atoms with E-state index in [1.54, 1.807) is 65.3 Å². The highest BCUT2D eigenvalue weighted by Gasteiger charge is 2.23. The number of ether oxygens (including phenoxy) is 1. The molecule has 1 aliphatic heterocycles. The highest BCUT2D eigenvalue weighted by molar-refractivity contribution is 6.04. The molecule has 1 aromatic heterocycles. The van der Waals surface area contributed by atoms with Crippen LogP contribution in [0.15, 0.2) is 54.9 Å². The first-order valence-corrected chi connectivity index (χ1v) is 9.69. The Bertz CT molecular complexity index is 1150. The molecule has 31 heavy (non-hydrogen) atoms. The summed E-state index contributed by atoms with van der Waals surface area (Å²) in [7, 11) is 1.73. The van der Waals surface area contributed by atoms with Crippen molar-refractivity contribution in [1.82, 2.24) is 15.1 Å². The summed E-state index contributed by atoms with van der Waals surface area (Å²) in [6.07, 6.45) is 3.10. The fourth-order valence-electron chi connectivity index (χ4n) is 3.30. The smallest absolute Gasteiger partial charge is 0.343 e. The number of hydrogen-bond acceptors (Lipinski definition) is 5. The van der Waals surface area contributed by atoms with E-state index in [9.17, 15) is 14.4 Å². The second-order valence-corrected chi connectivity index (χ2v) is 7.16. The van der Waals surface area contributed by atoms with Crippen LogP contribution in [0.2, 0.25) is 0 Å². The van der Waals surface area contributed by atoms with Gasteiger partial charge in [0, 0.05) is 37.7 Å². The molecule has 0 atom stereocenters. The molecule has 0 unspecified atom stereocenters. The van der Waals surface area contributed by atoms with Crippen LogP contribution in [0.5, 0.6) is 5.75 Å². The Balaban J connectivity index is 1.40. The lowest BCUT2D eigenvalue weighted by Gasteiger charge is -2.17. The number of nitrogens with zero attached hydrogens (tertiary/aromatic N) is 3. The molecule has 0 aliphatic carbocycles. The van der Waals surface area contributed by atoms with Crippen molar-refractivity contribution in [3.63, 3.8) is 0 Å². The normalized spacial score (nSPS) is 13.1. The number of carbonyl (C=O) groups excluding carboxylic acids is 3. The zero-order valence-electron chi connectivity index (χ0n) is 17.1. The Morgan fingerprint density at radius 3 is 2.52 bits per heavy atom. The van der Waals surface area contributed by atoms with Crippen LogP contribution in [0.3, 0.4) is 0 Å². The van der Waals surface area contributed by atoms with E-state index in [1.807, 2.05) is 6.92 Å². The molecule has 1 saturated heterocycles. The zero-order chi connectivity index (χ0) is 22.0. The predicted octanol–water partition coefficient (Wildman–Crippen LogP) is 2.73. The molecule has 2 aromatic carbocycles. The third kappa shape index (κ3) is 4.40. The monoisotopic (exact) mass is 419 g/mol. The van der Waals surface area contributed by atoms with E-state index < -0.39 is 5.97 Å². The summed E-state index contributed by atoms with van der Waals surface area (Å²) in [4.78, 5) is 38.2. The first kappa shape index (κ1) is 20.1. The van der Waals surface area contributed by atoms with Gasteiger partial charge in [0.25, 0.3) is 5.91 Å². The maximum Gasteiger partial charge on any atom is 0.343 e. The molecule has 0 saturated carbocycles. The lowest BCUT2D eigenvalue weighted by Crippen LogP contribution is -2.28. The molecule has 1 fully saturated rings. The van der Waals surface area contributed by atoms with Gasteiger partial charge in [-0.1, -0.05) is 0 Å². The number of carbonyl (C=O) groups is 3. The summed E-state index contributed by atoms with van der Waals surface area (Å²) in [6, 6.07) is 11.4. The van der Waals surface area contributed by atoms with E-state index in [0.29, 0.717) is 35.7 Å². The lowest BCUT2D eigenvalue weighted by atomic mass is 10.1. The summed E-state index contributed by atoms with van der Waals surface area (Å²) in [5.74, 6) is -0.433. The fourth-order valence-corrected chi connectivity index (χ4v) is 3.30. The molecule has 1 aliphatic rings. The van der Waals surface area contributed by atoms with Crippen molar-refractivity contribution in [2.24, 2.45) is 7.05 Å². The number of hydrogen-bond donors (Lipinski definition) is 2. The van der Waals surface area contributed by atoms with Crippen LogP contribution in [0.4, 0.5) is 16.2 Å². The summed E-state index contributed by atoms with van der Waals surface area (Å²) >= 11 is 0. The second-order valence-electron chi connectivity index (χ2n) is 7.16. The quantitative estimate of drug-likeness (QED) is 0.489. The van der Waals surface area contributed by atoms with Crippen molar-refractivity contribution in [2.45, 2.75) is 6.92 Å². The fraction of sp³-hybridized carbons (Fsp3) is 0.182. The Morgan fingerprint density at radius 1 is 1.13 bits per heavy atom. The molecular formula is C22H21N5O4. The van der Waals surface area contributed by atoms with Gasteiger partial charge in [-0.25, -0.2) is 9.59 Å². The van der Waals surface area contributed by atoms with E-state index in [1.165, 1.54) is 6.20 Å². The third-order valence-corrected chi connectivity index (χ3v) is 4.87. The average Bonchev–Trinajstić information content (AvgIpc) is 3.37. The highest BCUT2D eigenvalue weighted by Crippen LogP contribution is 2.24. The third-order valence-electron chi connectivity index (χ3n) is 4.87. The Labute approximate surface area is 178 Å². The van der Waals surface area contributed by atoms with Gasteiger partial charge in [0.1, 0.15) is 5.75 Å². The van der Waals surface area contributed by atoms with Crippen molar-refractivity contribution in [3.8, 4) is 5.75 Å². The van der Waals surface area contributed by atoms with Gasteiger partial charge >= 0.3 is 12.0 Å². The van der Waals surface area contributed by atoms with Crippen LogP contribution in [0.25, 0.3) is 0 Å². The molecule has 158 valence electrons. The Kier molecular flexibility index (Phi) is 5.40. The second kappa shape index (κ2) is 8.31. The SMILES string of the molecule is Cc1cc(C(=O)Oc2ccc(NC(=O)c3cnn(C)c3)cc2)ccc1N1CCNC1=O. The maximum atomic E-state index is 12.5. The van der Waals surface area contributed by atoms with Gasteiger partial charge in [0.05, 0.1) is 17.3 Å². The van der Waals surface area contributed by atoms with Crippen molar-refractivity contribution >= 4 is 29.3 Å². The van der Waals surface area contributed by atoms with Crippen LogP contribution in [-0.4, -0.2) is 40.8 Å². The topological polar surface area (TPSA) is 106 Å². The number of amides is 3. The molecule has 9 nitrogen and oxygen atoms in total. The van der Waals surface area contributed by atoms with E-state index in [4.69, 9.17) is 4.74 Å². The number of benzene rings is 2. The Morgan fingerprint density at radius 2 is 1.90 bits per heavy atom. The van der Waals surface area contributed by atoms with Crippen molar-refractivity contribution in [3.05, 3.63) is 71.5 Å². The minimum absolute atomic E-state index is 0.144.